The molecule has 3 nitrogen and oxygen atoms in total. The van der Waals surface area contributed by atoms with E-state index in [2.05, 4.69) is 22.2 Å². The molecule has 3 atom stereocenters. The fraction of sp³-hybridized carbons (Fsp3) is 1.00. The Morgan fingerprint density at radius 2 is 1.89 bits per heavy atom. The van der Waals surface area contributed by atoms with Gasteiger partial charge < -0.3 is 15.1 Å². The zero-order chi connectivity index (χ0) is 12.4. The van der Waals surface area contributed by atoms with Crippen LogP contribution in [0.25, 0.3) is 0 Å². The van der Waals surface area contributed by atoms with Crippen LogP contribution in [0.4, 0.5) is 0 Å². The van der Waals surface area contributed by atoms with E-state index in [-0.39, 0.29) is 0 Å². The summed E-state index contributed by atoms with van der Waals surface area (Å²) in [5, 5.41) is 3.92. The molecular formula is C15H29N3. The largest absolute Gasteiger partial charge is 0.310 e. The lowest BCUT2D eigenvalue weighted by atomic mass is 9.85. The first-order valence-electron chi connectivity index (χ1n) is 7.98. The Morgan fingerprint density at radius 1 is 1.00 bits per heavy atom. The van der Waals surface area contributed by atoms with Gasteiger partial charge in [0, 0.05) is 31.7 Å². The summed E-state index contributed by atoms with van der Waals surface area (Å²) in [5.41, 5.74) is 0. The van der Waals surface area contributed by atoms with E-state index in [0.717, 1.165) is 18.0 Å². The van der Waals surface area contributed by atoms with E-state index in [0.29, 0.717) is 0 Å². The van der Waals surface area contributed by atoms with Crippen LogP contribution in [0.5, 0.6) is 0 Å². The highest BCUT2D eigenvalue weighted by molar-refractivity contribution is 4.94. The zero-order valence-electron chi connectivity index (χ0n) is 11.9. The Hall–Kier alpha value is -0.120. The second-order valence-corrected chi connectivity index (χ2v) is 6.71. The minimum Gasteiger partial charge on any atom is -0.310 e. The highest BCUT2D eigenvalue weighted by Gasteiger charge is 2.35. The molecule has 3 unspecified atom stereocenters. The van der Waals surface area contributed by atoms with Crippen LogP contribution in [0.1, 0.15) is 38.5 Å². The third-order valence-electron chi connectivity index (χ3n) is 5.24. The minimum atomic E-state index is 0.779. The molecule has 3 rings (SSSR count). The first-order valence-corrected chi connectivity index (χ1v) is 7.98. The molecule has 18 heavy (non-hydrogen) atoms. The van der Waals surface area contributed by atoms with Gasteiger partial charge in [0.2, 0.25) is 0 Å². The van der Waals surface area contributed by atoms with Crippen molar-refractivity contribution in [3.05, 3.63) is 0 Å². The van der Waals surface area contributed by atoms with Crippen LogP contribution in [-0.4, -0.2) is 61.7 Å². The molecule has 1 N–H and O–H groups in total. The van der Waals surface area contributed by atoms with Crippen molar-refractivity contribution in [2.45, 2.75) is 50.6 Å². The van der Waals surface area contributed by atoms with Gasteiger partial charge in [-0.25, -0.2) is 0 Å². The molecule has 0 radical (unpaired) electrons. The number of hydrogen-bond donors (Lipinski definition) is 1. The van der Waals surface area contributed by atoms with Gasteiger partial charge >= 0.3 is 0 Å². The monoisotopic (exact) mass is 251 g/mol. The Balaban J connectivity index is 1.48. The van der Waals surface area contributed by atoms with Gasteiger partial charge in [-0.2, -0.15) is 0 Å². The Bertz CT molecular complexity index is 254. The van der Waals surface area contributed by atoms with Crippen molar-refractivity contribution in [1.82, 2.24) is 15.1 Å². The van der Waals surface area contributed by atoms with Crippen LogP contribution in [0.3, 0.4) is 0 Å². The van der Waals surface area contributed by atoms with Gasteiger partial charge in [0.15, 0.2) is 0 Å². The Kier molecular flexibility index (Phi) is 4.22. The van der Waals surface area contributed by atoms with Gasteiger partial charge in [0.25, 0.3) is 0 Å². The topological polar surface area (TPSA) is 18.5 Å². The molecule has 0 aromatic heterocycles. The average Bonchev–Trinajstić information content (AvgIpc) is 2.66. The molecule has 0 aromatic carbocycles. The minimum absolute atomic E-state index is 0.779. The quantitative estimate of drug-likeness (QED) is 0.803. The summed E-state index contributed by atoms with van der Waals surface area (Å²) in [6.45, 7) is 6.39. The molecule has 0 spiro atoms. The van der Waals surface area contributed by atoms with Gasteiger partial charge in [-0.15, -0.1) is 0 Å². The van der Waals surface area contributed by atoms with Crippen LogP contribution in [0.15, 0.2) is 0 Å². The summed E-state index contributed by atoms with van der Waals surface area (Å²) < 4.78 is 0. The van der Waals surface area contributed by atoms with Crippen LogP contribution >= 0.6 is 0 Å². The van der Waals surface area contributed by atoms with Crippen LogP contribution in [0, 0.1) is 5.92 Å². The highest BCUT2D eigenvalue weighted by Crippen LogP contribution is 2.33. The van der Waals surface area contributed by atoms with E-state index in [9.17, 15) is 0 Å². The summed E-state index contributed by atoms with van der Waals surface area (Å²) >= 11 is 0. The molecule has 3 aliphatic rings. The van der Waals surface area contributed by atoms with Crippen LogP contribution in [-0.2, 0) is 0 Å². The number of fused-ring (bicyclic) bond motifs is 1. The molecule has 3 heteroatoms. The third kappa shape index (κ3) is 3.06. The molecule has 0 amide bonds. The second-order valence-electron chi connectivity index (χ2n) is 6.71. The van der Waals surface area contributed by atoms with Crippen molar-refractivity contribution in [3.63, 3.8) is 0 Å². The zero-order valence-corrected chi connectivity index (χ0v) is 11.9. The maximum Gasteiger partial charge on any atom is 0.0200 e. The molecular weight excluding hydrogens is 222 g/mol. The van der Waals surface area contributed by atoms with E-state index in [1.165, 1.54) is 71.2 Å². The fourth-order valence-corrected chi connectivity index (χ4v) is 4.17. The van der Waals surface area contributed by atoms with Crippen molar-refractivity contribution < 1.29 is 0 Å². The van der Waals surface area contributed by atoms with E-state index in [1.54, 1.807) is 0 Å². The molecule has 2 aliphatic heterocycles. The lowest BCUT2D eigenvalue weighted by Crippen LogP contribution is -2.41. The van der Waals surface area contributed by atoms with E-state index in [1.807, 2.05) is 0 Å². The lowest BCUT2D eigenvalue weighted by Gasteiger charge is -2.25. The van der Waals surface area contributed by atoms with Gasteiger partial charge in [0.05, 0.1) is 0 Å². The second kappa shape index (κ2) is 5.89. The predicted molar refractivity (Wildman–Crippen MR) is 75.8 cm³/mol. The summed E-state index contributed by atoms with van der Waals surface area (Å²) in [4.78, 5) is 5.17. The number of hydrogen-bond acceptors (Lipinski definition) is 3. The molecule has 3 fully saturated rings. The number of nitrogens with one attached hydrogen (secondary N) is 1. The summed E-state index contributed by atoms with van der Waals surface area (Å²) in [6, 6.07) is 1.64. The summed E-state index contributed by atoms with van der Waals surface area (Å²) in [7, 11) is 2.26. The lowest BCUT2D eigenvalue weighted by molar-refractivity contribution is 0.251. The number of likely N-dealkylation sites (N-methyl/N-ethyl adjacent to an activating group) is 1. The van der Waals surface area contributed by atoms with E-state index >= 15 is 0 Å². The summed E-state index contributed by atoms with van der Waals surface area (Å²) in [5.74, 6) is 0.999. The fourth-order valence-electron chi connectivity index (χ4n) is 4.17. The van der Waals surface area contributed by atoms with Gasteiger partial charge in [0.1, 0.15) is 0 Å². The molecule has 1 saturated carbocycles. The van der Waals surface area contributed by atoms with Crippen LogP contribution in [0.2, 0.25) is 0 Å². The molecule has 2 saturated heterocycles. The first kappa shape index (κ1) is 12.9. The maximum atomic E-state index is 3.92. The van der Waals surface area contributed by atoms with E-state index < -0.39 is 0 Å². The highest BCUT2D eigenvalue weighted by atomic mass is 15.2. The Morgan fingerprint density at radius 3 is 2.78 bits per heavy atom. The Labute approximate surface area is 112 Å². The third-order valence-corrected chi connectivity index (χ3v) is 5.24. The number of nitrogens with zero attached hydrogens (tertiary/aromatic N) is 2. The maximum absolute atomic E-state index is 3.92. The molecule has 0 aromatic rings. The van der Waals surface area contributed by atoms with Crippen molar-refractivity contribution in [1.29, 1.82) is 0 Å². The molecule has 2 heterocycles. The molecule has 1 aliphatic carbocycles. The van der Waals surface area contributed by atoms with Gasteiger partial charge in [-0.1, -0.05) is 12.8 Å². The van der Waals surface area contributed by atoms with Gasteiger partial charge in [-0.3, -0.25) is 0 Å². The SMILES string of the molecule is CN1CCCN(CC2CC3CCCCC3N2)CC1. The first-order chi connectivity index (χ1) is 8.81. The van der Waals surface area contributed by atoms with Crippen molar-refractivity contribution >= 4 is 0 Å². The van der Waals surface area contributed by atoms with Gasteiger partial charge in [-0.05, 0) is 51.7 Å². The molecule has 104 valence electrons. The smallest absolute Gasteiger partial charge is 0.0200 e. The standard InChI is InChI=1S/C15H29N3/c1-17-7-4-8-18(10-9-17)12-14-11-13-5-2-3-6-15(13)16-14/h13-16H,2-12H2,1H3. The predicted octanol–water partition coefficient (Wildman–Crippen LogP) is 1.54. The number of rotatable bonds is 2. The van der Waals surface area contributed by atoms with Crippen molar-refractivity contribution in [3.8, 4) is 0 Å². The average molecular weight is 251 g/mol. The molecule has 0 bridgehead atoms. The normalized spacial score (nSPS) is 39.5. The van der Waals surface area contributed by atoms with Crippen molar-refractivity contribution in [2.75, 3.05) is 39.8 Å². The van der Waals surface area contributed by atoms with E-state index in [4.69, 9.17) is 0 Å². The summed E-state index contributed by atoms with van der Waals surface area (Å²) in [6.07, 6.45) is 8.63. The van der Waals surface area contributed by atoms with Crippen LogP contribution < -0.4 is 5.32 Å². The van der Waals surface area contributed by atoms with Crippen molar-refractivity contribution in [2.24, 2.45) is 5.92 Å².